The molecule has 4 aliphatic heterocycles. The number of nitrogens with one attached hydrogen (secondary N) is 1. The first-order valence-corrected chi connectivity index (χ1v) is 8.94. The number of hydrogen-bond donors (Lipinski definition) is 1. The molecule has 0 radical (unpaired) electrons. The Morgan fingerprint density at radius 2 is 1.90 bits per heavy atom. The van der Waals surface area contributed by atoms with Crippen molar-refractivity contribution in [3.05, 3.63) is 0 Å². The van der Waals surface area contributed by atoms with Crippen LogP contribution in [-0.2, 0) is 0 Å². The highest BCUT2D eigenvalue weighted by Gasteiger charge is 2.41. The molecule has 0 aromatic rings. The van der Waals surface area contributed by atoms with Gasteiger partial charge in [0.2, 0.25) is 0 Å². The van der Waals surface area contributed by atoms with E-state index in [-0.39, 0.29) is 0 Å². The molecule has 4 atom stereocenters. The van der Waals surface area contributed by atoms with Gasteiger partial charge in [0.1, 0.15) is 0 Å². The van der Waals surface area contributed by atoms with E-state index in [9.17, 15) is 0 Å². The Labute approximate surface area is 125 Å². The van der Waals surface area contributed by atoms with Crippen LogP contribution in [0.25, 0.3) is 0 Å². The van der Waals surface area contributed by atoms with Gasteiger partial charge in [-0.2, -0.15) is 0 Å². The summed E-state index contributed by atoms with van der Waals surface area (Å²) in [6.45, 7) is 13.7. The molecule has 1 N–H and O–H groups in total. The number of piperidine rings is 3. The molecule has 0 aromatic carbocycles. The first kappa shape index (κ1) is 14.8. The first-order chi connectivity index (χ1) is 9.72. The van der Waals surface area contributed by atoms with E-state index in [1.807, 2.05) is 0 Å². The molecule has 4 aliphatic rings. The second-order valence-corrected chi connectivity index (χ2v) is 7.36. The Morgan fingerprint density at radius 1 is 1.15 bits per heavy atom. The largest absolute Gasteiger partial charge is 0.311 e. The van der Waals surface area contributed by atoms with Crippen molar-refractivity contribution in [2.75, 3.05) is 32.7 Å². The predicted octanol–water partition coefficient (Wildman–Crippen LogP) is 2.18. The van der Waals surface area contributed by atoms with Gasteiger partial charge in [0.05, 0.1) is 0 Å². The minimum atomic E-state index is 0.707. The zero-order valence-electron chi connectivity index (χ0n) is 13.6. The molecule has 4 fully saturated rings. The molecular formula is C17H33N3. The molecule has 3 heteroatoms. The normalized spacial score (nSPS) is 43.6. The Morgan fingerprint density at radius 3 is 2.45 bits per heavy atom. The van der Waals surface area contributed by atoms with Crippen molar-refractivity contribution in [1.29, 1.82) is 0 Å². The lowest BCUT2D eigenvalue weighted by atomic mass is 9.81. The summed E-state index contributed by atoms with van der Waals surface area (Å²) >= 11 is 0. The molecule has 0 aliphatic carbocycles. The lowest BCUT2D eigenvalue weighted by Gasteiger charge is -2.54. The standard InChI is InChI=1S/C17H33N3/c1-4-13(3)16-11-20(15(5-2)10-18-16)17-12-19-8-6-14(17)7-9-19/h13-18H,4-12H2,1-3H3. The van der Waals surface area contributed by atoms with Crippen molar-refractivity contribution in [3.8, 4) is 0 Å². The van der Waals surface area contributed by atoms with E-state index in [4.69, 9.17) is 0 Å². The van der Waals surface area contributed by atoms with Crippen LogP contribution in [0.1, 0.15) is 46.5 Å². The molecule has 3 nitrogen and oxygen atoms in total. The fourth-order valence-electron chi connectivity index (χ4n) is 4.61. The third-order valence-corrected chi connectivity index (χ3v) is 6.34. The van der Waals surface area contributed by atoms with Crippen molar-refractivity contribution < 1.29 is 0 Å². The molecule has 4 unspecified atom stereocenters. The lowest BCUT2D eigenvalue weighted by molar-refractivity contribution is -0.0353. The second-order valence-electron chi connectivity index (χ2n) is 7.36. The molecular weight excluding hydrogens is 246 g/mol. The Kier molecular flexibility index (Phi) is 4.68. The van der Waals surface area contributed by atoms with Gasteiger partial charge in [-0.05, 0) is 44.2 Å². The zero-order chi connectivity index (χ0) is 14.1. The monoisotopic (exact) mass is 279 g/mol. The number of nitrogens with zero attached hydrogens (tertiary/aromatic N) is 2. The van der Waals surface area contributed by atoms with Gasteiger partial charge in [-0.1, -0.05) is 27.2 Å². The Balaban J connectivity index is 1.70. The highest BCUT2D eigenvalue weighted by atomic mass is 15.3. The number of fused-ring (bicyclic) bond motifs is 3. The topological polar surface area (TPSA) is 18.5 Å². The molecule has 0 spiro atoms. The summed E-state index contributed by atoms with van der Waals surface area (Å²) in [7, 11) is 0. The maximum atomic E-state index is 3.83. The van der Waals surface area contributed by atoms with Crippen LogP contribution in [0.3, 0.4) is 0 Å². The SMILES string of the molecule is CCC(C)C1CN(C2CN3CCC2CC3)C(CC)CN1. The maximum absolute atomic E-state index is 3.83. The molecule has 4 saturated heterocycles. The summed E-state index contributed by atoms with van der Waals surface area (Å²) in [6.07, 6.45) is 5.48. The van der Waals surface area contributed by atoms with Crippen LogP contribution in [0.15, 0.2) is 0 Å². The van der Waals surface area contributed by atoms with Crippen molar-refractivity contribution in [1.82, 2.24) is 15.1 Å². The molecule has 4 rings (SSSR count). The summed E-state index contributed by atoms with van der Waals surface area (Å²) in [5.74, 6) is 1.78. The average Bonchev–Trinajstić information content (AvgIpc) is 2.54. The molecule has 2 bridgehead atoms. The van der Waals surface area contributed by atoms with Crippen LogP contribution in [0.2, 0.25) is 0 Å². The van der Waals surface area contributed by atoms with Gasteiger partial charge in [-0.25, -0.2) is 0 Å². The van der Waals surface area contributed by atoms with Crippen LogP contribution in [0, 0.1) is 11.8 Å². The minimum Gasteiger partial charge on any atom is -0.311 e. The van der Waals surface area contributed by atoms with Crippen LogP contribution < -0.4 is 5.32 Å². The van der Waals surface area contributed by atoms with Gasteiger partial charge in [0, 0.05) is 37.8 Å². The van der Waals surface area contributed by atoms with Crippen molar-refractivity contribution >= 4 is 0 Å². The second kappa shape index (κ2) is 6.33. The smallest absolute Gasteiger partial charge is 0.0256 e. The Hall–Kier alpha value is -0.120. The zero-order valence-corrected chi connectivity index (χ0v) is 13.6. The van der Waals surface area contributed by atoms with Crippen LogP contribution in [0.5, 0.6) is 0 Å². The summed E-state index contributed by atoms with van der Waals surface area (Å²) in [6, 6.07) is 2.32. The first-order valence-electron chi connectivity index (χ1n) is 8.94. The van der Waals surface area contributed by atoms with Gasteiger partial charge in [-0.15, -0.1) is 0 Å². The fourth-order valence-corrected chi connectivity index (χ4v) is 4.61. The highest BCUT2D eigenvalue weighted by molar-refractivity contribution is 4.98. The van der Waals surface area contributed by atoms with Gasteiger partial charge in [0.25, 0.3) is 0 Å². The van der Waals surface area contributed by atoms with E-state index in [1.54, 1.807) is 0 Å². The predicted molar refractivity (Wildman–Crippen MR) is 85.0 cm³/mol. The van der Waals surface area contributed by atoms with Crippen molar-refractivity contribution in [3.63, 3.8) is 0 Å². The lowest BCUT2D eigenvalue weighted by Crippen LogP contribution is -2.66. The molecule has 116 valence electrons. The maximum Gasteiger partial charge on any atom is 0.0256 e. The summed E-state index contributed by atoms with van der Waals surface area (Å²) < 4.78 is 0. The Bertz CT molecular complexity index is 311. The minimum absolute atomic E-state index is 0.707. The molecule has 0 saturated carbocycles. The van der Waals surface area contributed by atoms with Gasteiger partial charge < -0.3 is 10.2 Å². The van der Waals surface area contributed by atoms with Crippen molar-refractivity contribution in [2.24, 2.45) is 11.8 Å². The van der Waals surface area contributed by atoms with E-state index in [1.165, 1.54) is 58.4 Å². The van der Waals surface area contributed by atoms with Crippen LogP contribution in [0.4, 0.5) is 0 Å². The van der Waals surface area contributed by atoms with E-state index in [0.29, 0.717) is 6.04 Å². The summed E-state index contributed by atoms with van der Waals surface area (Å²) in [5, 5.41) is 3.83. The highest BCUT2D eigenvalue weighted by Crippen LogP contribution is 2.33. The molecule has 4 heterocycles. The quantitative estimate of drug-likeness (QED) is 0.851. The molecule has 20 heavy (non-hydrogen) atoms. The van der Waals surface area contributed by atoms with Gasteiger partial charge >= 0.3 is 0 Å². The van der Waals surface area contributed by atoms with Crippen LogP contribution >= 0.6 is 0 Å². The third kappa shape index (κ3) is 2.77. The summed E-state index contributed by atoms with van der Waals surface area (Å²) in [5.41, 5.74) is 0. The summed E-state index contributed by atoms with van der Waals surface area (Å²) in [4.78, 5) is 5.61. The van der Waals surface area contributed by atoms with E-state index < -0.39 is 0 Å². The van der Waals surface area contributed by atoms with Crippen molar-refractivity contribution in [2.45, 2.75) is 64.6 Å². The van der Waals surface area contributed by atoms with E-state index >= 15 is 0 Å². The van der Waals surface area contributed by atoms with Gasteiger partial charge in [-0.3, -0.25) is 4.90 Å². The van der Waals surface area contributed by atoms with Gasteiger partial charge in [0.15, 0.2) is 0 Å². The fraction of sp³-hybridized carbons (Fsp3) is 1.00. The molecule has 0 amide bonds. The number of piperazine rings is 1. The molecule has 0 aromatic heterocycles. The van der Waals surface area contributed by atoms with E-state index in [2.05, 4.69) is 35.9 Å². The number of rotatable bonds is 4. The van der Waals surface area contributed by atoms with E-state index in [0.717, 1.165) is 23.9 Å². The third-order valence-electron chi connectivity index (χ3n) is 6.34. The van der Waals surface area contributed by atoms with Crippen LogP contribution in [-0.4, -0.2) is 60.6 Å². The number of hydrogen-bond acceptors (Lipinski definition) is 3. The average molecular weight is 279 g/mol.